The van der Waals surface area contributed by atoms with Crippen LogP contribution in [0.2, 0.25) is 4.34 Å². The van der Waals surface area contributed by atoms with Crippen LogP contribution in [0, 0.1) is 5.92 Å². The molecule has 0 radical (unpaired) electrons. The molecule has 1 aromatic heterocycles. The molecule has 5 heteroatoms. The fourth-order valence-electron chi connectivity index (χ4n) is 1.52. The molecule has 0 aliphatic heterocycles. The Kier molecular flexibility index (Phi) is 6.83. The third-order valence-corrected chi connectivity index (χ3v) is 4.23. The standard InChI is InChI=1S/C14H22ClNO2S/c1-9(2)7-8-18-11(4)14(17)16-10(3)12-5-6-13(15)19-12/h5-6,9-11H,7-8H2,1-4H3,(H,16,17)/t10-,11+/m0/s1. The molecule has 0 spiro atoms. The van der Waals surface area contributed by atoms with E-state index in [1.54, 1.807) is 6.92 Å². The van der Waals surface area contributed by atoms with E-state index in [2.05, 4.69) is 19.2 Å². The molecular formula is C14H22ClNO2S. The first-order valence-electron chi connectivity index (χ1n) is 6.57. The van der Waals surface area contributed by atoms with Crippen LogP contribution < -0.4 is 5.32 Å². The Bertz CT molecular complexity index is 406. The molecule has 1 rings (SSSR count). The number of halogens is 1. The predicted molar refractivity (Wildman–Crippen MR) is 80.8 cm³/mol. The van der Waals surface area contributed by atoms with E-state index in [4.69, 9.17) is 16.3 Å². The average molecular weight is 304 g/mol. The number of carbonyl (C=O) groups is 1. The summed E-state index contributed by atoms with van der Waals surface area (Å²) < 4.78 is 6.26. The maximum Gasteiger partial charge on any atom is 0.249 e. The lowest BCUT2D eigenvalue weighted by Crippen LogP contribution is -2.36. The van der Waals surface area contributed by atoms with Gasteiger partial charge in [0.2, 0.25) is 5.91 Å². The zero-order valence-corrected chi connectivity index (χ0v) is 13.5. The molecule has 0 fully saturated rings. The molecule has 1 heterocycles. The van der Waals surface area contributed by atoms with E-state index in [1.807, 2.05) is 19.1 Å². The summed E-state index contributed by atoms with van der Waals surface area (Å²) >= 11 is 7.36. The van der Waals surface area contributed by atoms with Crippen molar-refractivity contribution < 1.29 is 9.53 Å². The van der Waals surface area contributed by atoms with Gasteiger partial charge in [-0.15, -0.1) is 11.3 Å². The maximum absolute atomic E-state index is 11.9. The highest BCUT2D eigenvalue weighted by Gasteiger charge is 2.17. The quantitative estimate of drug-likeness (QED) is 0.826. The van der Waals surface area contributed by atoms with Crippen molar-refractivity contribution in [3.05, 3.63) is 21.3 Å². The highest BCUT2D eigenvalue weighted by atomic mass is 35.5. The van der Waals surface area contributed by atoms with Crippen LogP contribution in [0.15, 0.2) is 12.1 Å². The Hall–Kier alpha value is -0.580. The molecule has 1 aromatic rings. The molecule has 1 amide bonds. The van der Waals surface area contributed by atoms with E-state index in [-0.39, 0.29) is 11.9 Å². The summed E-state index contributed by atoms with van der Waals surface area (Å²) in [7, 11) is 0. The van der Waals surface area contributed by atoms with Gasteiger partial charge in [0.1, 0.15) is 6.10 Å². The van der Waals surface area contributed by atoms with Gasteiger partial charge >= 0.3 is 0 Å². The molecule has 0 aromatic carbocycles. The van der Waals surface area contributed by atoms with Gasteiger partial charge in [-0.1, -0.05) is 25.4 Å². The van der Waals surface area contributed by atoms with E-state index in [0.717, 1.165) is 15.6 Å². The largest absolute Gasteiger partial charge is 0.369 e. The van der Waals surface area contributed by atoms with Crippen LogP contribution in [0.4, 0.5) is 0 Å². The second-order valence-corrected chi connectivity index (χ2v) is 6.81. The normalized spacial score (nSPS) is 14.4. The second kappa shape index (κ2) is 7.88. The van der Waals surface area contributed by atoms with Gasteiger partial charge in [-0.25, -0.2) is 0 Å². The van der Waals surface area contributed by atoms with Crippen molar-refractivity contribution in [1.29, 1.82) is 0 Å². The van der Waals surface area contributed by atoms with E-state index < -0.39 is 6.10 Å². The van der Waals surface area contributed by atoms with E-state index in [0.29, 0.717) is 12.5 Å². The molecule has 2 atom stereocenters. The Labute approximate surface area is 124 Å². The number of carbonyl (C=O) groups excluding carboxylic acids is 1. The number of thiophene rings is 1. The van der Waals surface area contributed by atoms with Crippen LogP contribution in [0.3, 0.4) is 0 Å². The minimum absolute atomic E-state index is 0.0406. The van der Waals surface area contributed by atoms with Crippen molar-refractivity contribution in [1.82, 2.24) is 5.32 Å². The summed E-state index contributed by atoms with van der Waals surface area (Å²) in [5, 5.41) is 2.94. The molecular weight excluding hydrogens is 282 g/mol. The van der Waals surface area contributed by atoms with Crippen molar-refractivity contribution in [3.63, 3.8) is 0 Å². The zero-order valence-electron chi connectivity index (χ0n) is 11.9. The first-order chi connectivity index (χ1) is 8.90. The van der Waals surface area contributed by atoms with Gasteiger partial charge in [0.25, 0.3) is 0 Å². The van der Waals surface area contributed by atoms with Gasteiger partial charge in [-0.2, -0.15) is 0 Å². The summed E-state index contributed by atoms with van der Waals surface area (Å²) in [6, 6.07) is 3.73. The highest BCUT2D eigenvalue weighted by molar-refractivity contribution is 7.16. The Morgan fingerprint density at radius 2 is 2.05 bits per heavy atom. The summed E-state index contributed by atoms with van der Waals surface area (Å²) in [5.74, 6) is 0.503. The third-order valence-electron chi connectivity index (χ3n) is 2.81. The molecule has 108 valence electrons. The van der Waals surface area contributed by atoms with Crippen LogP contribution in [-0.4, -0.2) is 18.6 Å². The van der Waals surface area contributed by atoms with Crippen LogP contribution in [0.1, 0.15) is 45.0 Å². The van der Waals surface area contributed by atoms with Crippen molar-refractivity contribution >= 4 is 28.8 Å². The predicted octanol–water partition coefficient (Wildman–Crippen LogP) is 4.03. The third kappa shape index (κ3) is 5.93. The fourth-order valence-corrected chi connectivity index (χ4v) is 2.58. The van der Waals surface area contributed by atoms with Crippen LogP contribution in [0.5, 0.6) is 0 Å². The second-order valence-electron chi connectivity index (χ2n) is 5.07. The first-order valence-corrected chi connectivity index (χ1v) is 7.76. The van der Waals surface area contributed by atoms with Crippen LogP contribution in [-0.2, 0) is 9.53 Å². The van der Waals surface area contributed by atoms with Gasteiger partial charge in [0.15, 0.2) is 0 Å². The summed E-state index contributed by atoms with van der Waals surface area (Å²) in [5.41, 5.74) is 0. The minimum atomic E-state index is -0.420. The highest BCUT2D eigenvalue weighted by Crippen LogP contribution is 2.26. The molecule has 0 aliphatic carbocycles. The number of rotatable bonds is 7. The zero-order chi connectivity index (χ0) is 14.4. The summed E-state index contributed by atoms with van der Waals surface area (Å²) in [6.07, 6.45) is 0.546. The number of hydrogen-bond acceptors (Lipinski definition) is 3. The lowest BCUT2D eigenvalue weighted by atomic mass is 10.1. The average Bonchev–Trinajstić information content (AvgIpc) is 2.75. The number of ether oxygens (including phenoxy) is 1. The van der Waals surface area contributed by atoms with Gasteiger partial charge < -0.3 is 10.1 Å². The lowest BCUT2D eigenvalue weighted by Gasteiger charge is -2.17. The topological polar surface area (TPSA) is 38.3 Å². The molecule has 0 aliphatic rings. The van der Waals surface area contributed by atoms with Crippen molar-refractivity contribution in [2.24, 2.45) is 5.92 Å². The van der Waals surface area contributed by atoms with Gasteiger partial charge in [0.05, 0.1) is 10.4 Å². The minimum Gasteiger partial charge on any atom is -0.369 e. The van der Waals surface area contributed by atoms with Crippen LogP contribution >= 0.6 is 22.9 Å². The maximum atomic E-state index is 11.9. The molecule has 0 bridgehead atoms. The molecule has 19 heavy (non-hydrogen) atoms. The first kappa shape index (κ1) is 16.5. The SMILES string of the molecule is CC(C)CCO[C@H](C)C(=O)N[C@@H](C)c1ccc(Cl)s1. The van der Waals surface area contributed by atoms with Crippen LogP contribution in [0.25, 0.3) is 0 Å². The molecule has 0 unspecified atom stereocenters. The molecule has 0 saturated carbocycles. The summed E-state index contributed by atoms with van der Waals surface area (Å²) in [4.78, 5) is 13.0. The van der Waals surface area contributed by atoms with Crippen molar-refractivity contribution in [2.75, 3.05) is 6.61 Å². The molecule has 1 N–H and O–H groups in total. The molecule has 0 saturated heterocycles. The lowest BCUT2D eigenvalue weighted by molar-refractivity contribution is -0.132. The Balaban J connectivity index is 2.37. The Morgan fingerprint density at radius 1 is 1.37 bits per heavy atom. The van der Waals surface area contributed by atoms with Crippen molar-refractivity contribution in [3.8, 4) is 0 Å². The van der Waals surface area contributed by atoms with E-state index >= 15 is 0 Å². The van der Waals surface area contributed by atoms with E-state index in [9.17, 15) is 4.79 Å². The number of nitrogens with one attached hydrogen (secondary N) is 1. The van der Waals surface area contributed by atoms with E-state index in [1.165, 1.54) is 11.3 Å². The number of hydrogen-bond donors (Lipinski definition) is 1. The smallest absolute Gasteiger partial charge is 0.249 e. The van der Waals surface area contributed by atoms with Gasteiger partial charge in [-0.3, -0.25) is 4.79 Å². The molecule has 3 nitrogen and oxygen atoms in total. The Morgan fingerprint density at radius 3 is 2.58 bits per heavy atom. The summed E-state index contributed by atoms with van der Waals surface area (Å²) in [6.45, 7) is 8.61. The monoisotopic (exact) mass is 303 g/mol. The number of amides is 1. The van der Waals surface area contributed by atoms with Gasteiger partial charge in [-0.05, 0) is 38.3 Å². The fraction of sp³-hybridized carbons (Fsp3) is 0.643. The van der Waals surface area contributed by atoms with Gasteiger partial charge in [0, 0.05) is 11.5 Å². The van der Waals surface area contributed by atoms with Crippen molar-refractivity contribution in [2.45, 2.75) is 46.3 Å².